The summed E-state index contributed by atoms with van der Waals surface area (Å²) < 4.78 is 5.42. The monoisotopic (exact) mass is 291 g/mol. The molecular formula is C16H21NO4. The molecular weight excluding hydrogens is 270 g/mol. The van der Waals surface area contributed by atoms with E-state index in [1.54, 1.807) is 12.1 Å². The largest absolute Gasteiger partial charge is 0.479 e. The van der Waals surface area contributed by atoms with Gasteiger partial charge >= 0.3 is 5.69 Å². The van der Waals surface area contributed by atoms with Gasteiger partial charge in [0, 0.05) is 12.0 Å². The van der Waals surface area contributed by atoms with E-state index in [4.69, 9.17) is 4.74 Å². The highest BCUT2D eigenvalue weighted by molar-refractivity contribution is 5.82. The van der Waals surface area contributed by atoms with Crippen molar-refractivity contribution in [1.29, 1.82) is 0 Å². The topological polar surface area (TPSA) is 69.4 Å². The van der Waals surface area contributed by atoms with Crippen molar-refractivity contribution in [3.63, 3.8) is 0 Å². The summed E-state index contributed by atoms with van der Waals surface area (Å²) in [6, 6.07) is 4.90. The Morgan fingerprint density at radius 2 is 2.05 bits per heavy atom. The van der Waals surface area contributed by atoms with Crippen molar-refractivity contribution in [3.05, 3.63) is 33.9 Å². The fourth-order valence-corrected chi connectivity index (χ4v) is 2.74. The summed E-state index contributed by atoms with van der Waals surface area (Å²) in [7, 11) is 0. The first-order valence-electron chi connectivity index (χ1n) is 7.54. The number of nitro benzene ring substituents is 1. The van der Waals surface area contributed by atoms with Crippen molar-refractivity contribution in [3.8, 4) is 5.75 Å². The molecule has 0 atom stereocenters. The number of nitrogens with zero attached hydrogens (tertiary/aromatic N) is 1. The summed E-state index contributed by atoms with van der Waals surface area (Å²) in [6.07, 6.45) is 5.92. The molecule has 21 heavy (non-hydrogen) atoms. The van der Waals surface area contributed by atoms with E-state index in [1.165, 1.54) is 12.5 Å². The number of rotatable bonds is 6. The quantitative estimate of drug-likeness (QED) is 0.592. The Bertz CT molecular complexity index is 521. The van der Waals surface area contributed by atoms with E-state index in [9.17, 15) is 14.9 Å². The summed E-state index contributed by atoms with van der Waals surface area (Å²) in [6.45, 7) is 1.86. The number of ketones is 1. The smallest absolute Gasteiger partial charge is 0.311 e. The van der Waals surface area contributed by atoms with Crippen LogP contribution in [0.4, 0.5) is 5.69 Å². The van der Waals surface area contributed by atoms with E-state index in [2.05, 4.69) is 0 Å². The lowest BCUT2D eigenvalue weighted by Gasteiger charge is -2.20. The molecule has 1 saturated carbocycles. The standard InChI is InChI=1S/C16H21NO4/c1-2-12-8-9-16(14(10-12)17(19)20)21-11-15(18)13-6-4-3-5-7-13/h8-10,13H,2-7,11H2,1H3. The second-order valence-electron chi connectivity index (χ2n) is 5.50. The van der Waals surface area contributed by atoms with Crippen LogP contribution in [-0.2, 0) is 11.2 Å². The maximum atomic E-state index is 12.1. The summed E-state index contributed by atoms with van der Waals surface area (Å²) >= 11 is 0. The van der Waals surface area contributed by atoms with E-state index in [0.29, 0.717) is 0 Å². The summed E-state index contributed by atoms with van der Waals surface area (Å²) in [4.78, 5) is 22.7. The predicted octanol–water partition coefficient (Wildman–Crippen LogP) is 3.69. The second kappa shape index (κ2) is 7.20. The molecule has 5 heteroatoms. The average Bonchev–Trinajstić information content (AvgIpc) is 2.53. The average molecular weight is 291 g/mol. The van der Waals surface area contributed by atoms with Gasteiger partial charge in [0.05, 0.1) is 4.92 Å². The van der Waals surface area contributed by atoms with Crippen molar-refractivity contribution in [1.82, 2.24) is 0 Å². The third-order valence-electron chi connectivity index (χ3n) is 4.06. The van der Waals surface area contributed by atoms with Gasteiger partial charge in [-0.05, 0) is 30.9 Å². The fraction of sp³-hybridized carbons (Fsp3) is 0.562. The molecule has 1 fully saturated rings. The van der Waals surface area contributed by atoms with E-state index in [-0.39, 0.29) is 29.7 Å². The van der Waals surface area contributed by atoms with Crippen molar-refractivity contribution < 1.29 is 14.5 Å². The molecule has 0 radical (unpaired) electrons. The number of carbonyl (C=O) groups is 1. The molecule has 0 aliphatic heterocycles. The second-order valence-corrected chi connectivity index (χ2v) is 5.50. The lowest BCUT2D eigenvalue weighted by Crippen LogP contribution is -2.23. The Kier molecular flexibility index (Phi) is 5.31. The molecule has 0 spiro atoms. The van der Waals surface area contributed by atoms with Crippen LogP contribution in [0.3, 0.4) is 0 Å². The van der Waals surface area contributed by atoms with Crippen LogP contribution in [0.25, 0.3) is 0 Å². The van der Waals surface area contributed by atoms with Gasteiger partial charge in [0.15, 0.2) is 11.5 Å². The first kappa shape index (κ1) is 15.5. The first-order chi connectivity index (χ1) is 10.1. The summed E-state index contributed by atoms with van der Waals surface area (Å²) in [5.41, 5.74) is 0.818. The van der Waals surface area contributed by atoms with Crippen molar-refractivity contribution >= 4 is 11.5 Å². The normalized spacial score (nSPS) is 15.7. The number of nitro groups is 1. The first-order valence-corrected chi connectivity index (χ1v) is 7.54. The van der Waals surface area contributed by atoms with Crippen LogP contribution in [-0.4, -0.2) is 17.3 Å². The highest BCUT2D eigenvalue weighted by Crippen LogP contribution is 2.29. The van der Waals surface area contributed by atoms with Gasteiger partial charge in [0.2, 0.25) is 0 Å². The number of benzene rings is 1. The predicted molar refractivity (Wildman–Crippen MR) is 79.6 cm³/mol. The molecule has 0 amide bonds. The van der Waals surface area contributed by atoms with E-state index in [0.717, 1.165) is 37.7 Å². The third kappa shape index (κ3) is 4.03. The lowest BCUT2D eigenvalue weighted by atomic mass is 9.86. The van der Waals surface area contributed by atoms with Gasteiger partial charge in [0.1, 0.15) is 6.61 Å². The number of carbonyl (C=O) groups excluding carboxylic acids is 1. The van der Waals surface area contributed by atoms with Gasteiger partial charge in [-0.2, -0.15) is 0 Å². The van der Waals surface area contributed by atoms with Crippen LogP contribution in [0.1, 0.15) is 44.6 Å². The Hall–Kier alpha value is -1.91. The zero-order valence-corrected chi connectivity index (χ0v) is 12.3. The molecule has 1 aromatic rings. The highest BCUT2D eigenvalue weighted by atomic mass is 16.6. The van der Waals surface area contributed by atoms with Crippen LogP contribution >= 0.6 is 0 Å². The minimum absolute atomic E-state index is 0.0589. The molecule has 1 aliphatic rings. The maximum Gasteiger partial charge on any atom is 0.311 e. The zero-order valence-electron chi connectivity index (χ0n) is 12.3. The minimum atomic E-state index is -0.459. The van der Waals surface area contributed by atoms with Gasteiger partial charge in [-0.3, -0.25) is 14.9 Å². The van der Waals surface area contributed by atoms with Gasteiger partial charge in [0.25, 0.3) is 0 Å². The molecule has 0 N–H and O–H groups in total. The number of ether oxygens (including phenoxy) is 1. The Morgan fingerprint density at radius 1 is 1.33 bits per heavy atom. The zero-order chi connectivity index (χ0) is 15.2. The molecule has 114 valence electrons. The van der Waals surface area contributed by atoms with Gasteiger partial charge in [-0.15, -0.1) is 0 Å². The molecule has 2 rings (SSSR count). The third-order valence-corrected chi connectivity index (χ3v) is 4.06. The maximum absolute atomic E-state index is 12.1. The fourth-order valence-electron chi connectivity index (χ4n) is 2.74. The Labute approximate surface area is 124 Å². The molecule has 5 nitrogen and oxygen atoms in total. The van der Waals surface area contributed by atoms with Crippen LogP contribution < -0.4 is 4.74 Å². The summed E-state index contributed by atoms with van der Waals surface area (Å²) in [5.74, 6) is 0.303. The number of hydrogen-bond donors (Lipinski definition) is 0. The SMILES string of the molecule is CCc1ccc(OCC(=O)C2CCCCC2)c([N+](=O)[O-])c1. The molecule has 0 saturated heterocycles. The van der Waals surface area contributed by atoms with Crippen molar-refractivity contribution in [2.75, 3.05) is 6.61 Å². The van der Waals surface area contributed by atoms with Gasteiger partial charge in [-0.25, -0.2) is 0 Å². The van der Waals surface area contributed by atoms with E-state index >= 15 is 0 Å². The van der Waals surface area contributed by atoms with Crippen LogP contribution in [0, 0.1) is 16.0 Å². The molecule has 1 aliphatic carbocycles. The molecule has 0 bridgehead atoms. The lowest BCUT2D eigenvalue weighted by molar-refractivity contribution is -0.385. The Balaban J connectivity index is 2.02. The molecule has 0 aromatic heterocycles. The highest BCUT2D eigenvalue weighted by Gasteiger charge is 2.23. The van der Waals surface area contributed by atoms with Crippen LogP contribution in [0.15, 0.2) is 18.2 Å². The number of Topliss-reactive ketones (excluding diaryl/α,β-unsaturated/α-hetero) is 1. The summed E-state index contributed by atoms with van der Waals surface area (Å²) in [5, 5.41) is 11.1. The van der Waals surface area contributed by atoms with Gasteiger partial charge < -0.3 is 4.74 Å². The molecule has 1 aromatic carbocycles. The molecule has 0 unspecified atom stereocenters. The Morgan fingerprint density at radius 3 is 2.67 bits per heavy atom. The van der Waals surface area contributed by atoms with Crippen molar-refractivity contribution in [2.24, 2.45) is 5.92 Å². The number of aryl methyl sites for hydroxylation is 1. The molecule has 0 heterocycles. The van der Waals surface area contributed by atoms with Crippen LogP contribution in [0.5, 0.6) is 5.75 Å². The van der Waals surface area contributed by atoms with E-state index < -0.39 is 4.92 Å². The van der Waals surface area contributed by atoms with Gasteiger partial charge in [-0.1, -0.05) is 32.3 Å². The van der Waals surface area contributed by atoms with Crippen LogP contribution in [0.2, 0.25) is 0 Å². The van der Waals surface area contributed by atoms with E-state index in [1.807, 2.05) is 6.92 Å². The van der Waals surface area contributed by atoms with Crippen molar-refractivity contribution in [2.45, 2.75) is 45.4 Å². The number of hydrogen-bond acceptors (Lipinski definition) is 4. The minimum Gasteiger partial charge on any atom is -0.479 e.